The van der Waals surface area contributed by atoms with Crippen LogP contribution < -0.4 is 21.7 Å². The first-order valence-corrected chi connectivity index (χ1v) is 11.2. The zero-order chi connectivity index (χ0) is 22.8. The highest BCUT2D eigenvalue weighted by atomic mass is 16.4. The van der Waals surface area contributed by atoms with E-state index in [9.17, 15) is 19.5 Å². The standard InChI is InChI=1S/C21H41N5O4/c1-3-4-5-6-7-8-9-10-11-14-18(27)25-16(2)19(28)26-17(20(29)30)13-12-15-24-21(22)23/h16-17H,3-15H2,1-2H3,(H,25,27)(H,26,28)(H,29,30)(H4,22,23,24)/t16-,17-/m0/s1. The van der Waals surface area contributed by atoms with Crippen LogP contribution in [0.25, 0.3) is 0 Å². The van der Waals surface area contributed by atoms with E-state index >= 15 is 0 Å². The lowest BCUT2D eigenvalue weighted by molar-refractivity contribution is -0.142. The molecule has 0 saturated heterocycles. The Bertz CT molecular complexity index is 528. The number of guanidine groups is 1. The summed E-state index contributed by atoms with van der Waals surface area (Å²) >= 11 is 0. The smallest absolute Gasteiger partial charge is 0.326 e. The zero-order valence-electron chi connectivity index (χ0n) is 18.6. The highest BCUT2D eigenvalue weighted by Gasteiger charge is 2.23. The molecule has 2 atom stereocenters. The lowest BCUT2D eigenvalue weighted by Crippen LogP contribution is -2.50. The van der Waals surface area contributed by atoms with E-state index in [0.29, 0.717) is 19.4 Å². The number of hydrogen-bond acceptors (Lipinski definition) is 4. The first-order chi connectivity index (χ1) is 14.3. The third kappa shape index (κ3) is 15.6. The molecule has 0 aromatic rings. The van der Waals surface area contributed by atoms with Gasteiger partial charge in [0.05, 0.1) is 0 Å². The van der Waals surface area contributed by atoms with E-state index in [2.05, 4.69) is 22.9 Å². The van der Waals surface area contributed by atoms with Gasteiger partial charge in [0.25, 0.3) is 0 Å². The lowest BCUT2D eigenvalue weighted by atomic mass is 10.1. The van der Waals surface area contributed by atoms with Crippen LogP contribution in [0.1, 0.15) is 90.9 Å². The van der Waals surface area contributed by atoms with Crippen LogP contribution in [0.15, 0.2) is 0 Å². The number of carbonyl (C=O) groups is 3. The number of carbonyl (C=O) groups excluding carboxylic acids is 2. The molecule has 9 heteroatoms. The van der Waals surface area contributed by atoms with Crippen LogP contribution in [0.4, 0.5) is 0 Å². The Kier molecular flexibility index (Phi) is 16.2. The summed E-state index contributed by atoms with van der Waals surface area (Å²) in [5, 5.41) is 24.0. The van der Waals surface area contributed by atoms with Gasteiger partial charge < -0.3 is 26.8 Å². The molecule has 174 valence electrons. The van der Waals surface area contributed by atoms with Gasteiger partial charge >= 0.3 is 5.97 Å². The third-order valence-corrected chi connectivity index (χ3v) is 4.88. The fraction of sp³-hybridized carbons (Fsp3) is 0.810. The number of nitrogens with one attached hydrogen (secondary N) is 4. The minimum Gasteiger partial charge on any atom is -0.480 e. The maximum Gasteiger partial charge on any atom is 0.326 e. The van der Waals surface area contributed by atoms with E-state index in [1.54, 1.807) is 6.92 Å². The summed E-state index contributed by atoms with van der Waals surface area (Å²) in [5.41, 5.74) is 5.16. The van der Waals surface area contributed by atoms with Crippen LogP contribution in [0.2, 0.25) is 0 Å². The van der Waals surface area contributed by atoms with E-state index in [1.165, 1.54) is 38.5 Å². The monoisotopic (exact) mass is 427 g/mol. The largest absolute Gasteiger partial charge is 0.480 e. The second kappa shape index (κ2) is 17.5. The summed E-state index contributed by atoms with van der Waals surface area (Å²) in [6.07, 6.45) is 11.5. The minimum absolute atomic E-state index is 0.186. The summed E-state index contributed by atoms with van der Waals surface area (Å²) in [6.45, 7) is 4.09. The van der Waals surface area contributed by atoms with Gasteiger partial charge in [-0.3, -0.25) is 15.0 Å². The average Bonchev–Trinajstić information content (AvgIpc) is 2.68. The SMILES string of the molecule is CCCCCCCCCCCC(=O)N[C@@H](C)C(=O)N[C@@H](CCCNC(=N)N)C(=O)O. The first-order valence-electron chi connectivity index (χ1n) is 11.2. The molecule has 0 rings (SSSR count). The fourth-order valence-corrected chi connectivity index (χ4v) is 3.06. The first kappa shape index (κ1) is 27.7. The van der Waals surface area contributed by atoms with E-state index in [4.69, 9.17) is 11.1 Å². The molecule has 0 unspecified atom stereocenters. The van der Waals surface area contributed by atoms with Crippen molar-refractivity contribution < 1.29 is 19.5 Å². The molecule has 0 aliphatic rings. The quantitative estimate of drug-likeness (QED) is 0.112. The number of unbranched alkanes of at least 4 members (excludes halogenated alkanes) is 8. The molecular weight excluding hydrogens is 386 g/mol. The number of amides is 2. The van der Waals surface area contributed by atoms with E-state index < -0.39 is 24.0 Å². The van der Waals surface area contributed by atoms with Gasteiger partial charge in [-0.05, 0) is 26.2 Å². The Labute approximate surface area is 180 Å². The van der Waals surface area contributed by atoms with Crippen molar-refractivity contribution in [3.8, 4) is 0 Å². The van der Waals surface area contributed by atoms with Crippen molar-refractivity contribution in [3.05, 3.63) is 0 Å². The van der Waals surface area contributed by atoms with Crippen LogP contribution in [0.5, 0.6) is 0 Å². The van der Waals surface area contributed by atoms with Gasteiger partial charge in [-0.1, -0.05) is 58.3 Å². The molecule has 0 radical (unpaired) electrons. The molecule has 0 aliphatic carbocycles. The Balaban J connectivity index is 4.00. The van der Waals surface area contributed by atoms with Crippen molar-refractivity contribution >= 4 is 23.7 Å². The van der Waals surface area contributed by atoms with Crippen molar-refractivity contribution in [2.24, 2.45) is 5.73 Å². The second-order valence-electron chi connectivity index (χ2n) is 7.75. The molecule has 0 aromatic carbocycles. The summed E-state index contributed by atoms with van der Waals surface area (Å²) in [6, 6.07) is -1.85. The normalized spacial score (nSPS) is 12.6. The highest BCUT2D eigenvalue weighted by molar-refractivity contribution is 5.90. The molecule has 7 N–H and O–H groups in total. The summed E-state index contributed by atoms with van der Waals surface area (Å²) in [4.78, 5) is 35.5. The summed E-state index contributed by atoms with van der Waals surface area (Å²) < 4.78 is 0. The van der Waals surface area contributed by atoms with E-state index in [0.717, 1.165) is 19.3 Å². The third-order valence-electron chi connectivity index (χ3n) is 4.88. The van der Waals surface area contributed by atoms with Crippen molar-refractivity contribution in [2.45, 2.75) is 103 Å². The topological polar surface area (TPSA) is 157 Å². The van der Waals surface area contributed by atoms with Crippen molar-refractivity contribution in [3.63, 3.8) is 0 Å². The van der Waals surface area contributed by atoms with E-state index in [-0.39, 0.29) is 18.3 Å². The molecule has 0 fully saturated rings. The molecule has 0 heterocycles. The predicted molar refractivity (Wildman–Crippen MR) is 118 cm³/mol. The maximum absolute atomic E-state index is 12.2. The number of rotatable bonds is 18. The average molecular weight is 428 g/mol. The molecule has 0 bridgehead atoms. The van der Waals surface area contributed by atoms with Gasteiger partial charge in [0.1, 0.15) is 12.1 Å². The Morgan fingerprint density at radius 3 is 2.03 bits per heavy atom. The van der Waals surface area contributed by atoms with Gasteiger partial charge in [-0.2, -0.15) is 0 Å². The van der Waals surface area contributed by atoms with Crippen LogP contribution in [-0.2, 0) is 14.4 Å². The fourth-order valence-electron chi connectivity index (χ4n) is 3.06. The molecule has 9 nitrogen and oxygen atoms in total. The predicted octanol–water partition coefficient (Wildman–Crippen LogP) is 2.24. The molecule has 0 aliphatic heterocycles. The second-order valence-corrected chi connectivity index (χ2v) is 7.75. The highest BCUT2D eigenvalue weighted by Crippen LogP contribution is 2.10. The zero-order valence-corrected chi connectivity index (χ0v) is 18.6. The molecule has 0 aromatic heterocycles. The van der Waals surface area contributed by atoms with Gasteiger partial charge in [-0.25, -0.2) is 4.79 Å². The van der Waals surface area contributed by atoms with Gasteiger partial charge in [0.2, 0.25) is 11.8 Å². The number of carboxylic acid groups (broad SMARTS) is 1. The number of hydrogen-bond donors (Lipinski definition) is 6. The maximum atomic E-state index is 12.2. The van der Waals surface area contributed by atoms with Crippen LogP contribution >= 0.6 is 0 Å². The molecule has 30 heavy (non-hydrogen) atoms. The van der Waals surface area contributed by atoms with Crippen LogP contribution in [-0.4, -0.2) is 47.5 Å². The lowest BCUT2D eigenvalue weighted by Gasteiger charge is -2.19. The number of aliphatic carboxylic acids is 1. The van der Waals surface area contributed by atoms with Gasteiger partial charge in [-0.15, -0.1) is 0 Å². The van der Waals surface area contributed by atoms with Gasteiger partial charge in [0, 0.05) is 13.0 Å². The van der Waals surface area contributed by atoms with Crippen molar-refractivity contribution in [1.29, 1.82) is 5.41 Å². The Morgan fingerprint density at radius 2 is 1.50 bits per heavy atom. The molecule has 0 saturated carbocycles. The van der Waals surface area contributed by atoms with Crippen LogP contribution in [0.3, 0.4) is 0 Å². The summed E-state index contributed by atoms with van der Waals surface area (Å²) in [5.74, 6) is -2.05. The summed E-state index contributed by atoms with van der Waals surface area (Å²) in [7, 11) is 0. The Hall–Kier alpha value is -2.32. The Morgan fingerprint density at radius 1 is 0.933 bits per heavy atom. The number of carboxylic acids is 1. The van der Waals surface area contributed by atoms with Crippen molar-refractivity contribution in [2.75, 3.05) is 6.54 Å². The molecule has 2 amide bonds. The number of nitrogens with two attached hydrogens (primary N) is 1. The minimum atomic E-state index is -1.14. The molecular formula is C21H41N5O4. The van der Waals surface area contributed by atoms with E-state index in [1.807, 2.05) is 0 Å². The van der Waals surface area contributed by atoms with Gasteiger partial charge in [0.15, 0.2) is 5.96 Å². The van der Waals surface area contributed by atoms with Crippen molar-refractivity contribution in [1.82, 2.24) is 16.0 Å². The van der Waals surface area contributed by atoms with Crippen LogP contribution in [0, 0.1) is 5.41 Å². The molecule has 0 spiro atoms.